The highest BCUT2D eigenvalue weighted by Crippen LogP contribution is 2.22. The number of ether oxygens (including phenoxy) is 2. The van der Waals surface area contributed by atoms with Crippen molar-refractivity contribution in [3.63, 3.8) is 0 Å². The molecule has 0 aliphatic carbocycles. The van der Waals surface area contributed by atoms with E-state index in [4.69, 9.17) is 9.47 Å². The van der Waals surface area contributed by atoms with Crippen LogP contribution in [-0.2, 0) is 20.9 Å². The maximum atomic E-state index is 12.6. The Morgan fingerprint density at radius 1 is 1.03 bits per heavy atom. The maximum Gasteiger partial charge on any atom is 0.236 e. The average molecular weight is 399 g/mol. The number of fused-ring (bicyclic) bond motifs is 1. The van der Waals surface area contributed by atoms with Crippen LogP contribution in [0, 0.1) is 0 Å². The number of benzene rings is 2. The fourth-order valence-corrected chi connectivity index (χ4v) is 3.41. The van der Waals surface area contributed by atoms with Gasteiger partial charge in [-0.05, 0) is 41.6 Å². The summed E-state index contributed by atoms with van der Waals surface area (Å²) in [6.45, 7) is 3.36. The SMILES string of the molecule is COc1ccc2cc(CN(C)C(=O)CN(C)CC(=O)N3CCOCC3)ccc2c1. The number of methoxy groups -OCH3 is 1. The van der Waals surface area contributed by atoms with Crippen molar-refractivity contribution in [3.8, 4) is 5.75 Å². The van der Waals surface area contributed by atoms with Crippen molar-refractivity contribution in [1.82, 2.24) is 14.7 Å². The minimum Gasteiger partial charge on any atom is -0.497 e. The molecule has 0 saturated carbocycles. The van der Waals surface area contributed by atoms with Crippen LogP contribution in [0.1, 0.15) is 5.56 Å². The molecule has 0 unspecified atom stereocenters. The van der Waals surface area contributed by atoms with E-state index in [2.05, 4.69) is 6.07 Å². The Hall–Kier alpha value is -2.64. The zero-order chi connectivity index (χ0) is 20.8. The summed E-state index contributed by atoms with van der Waals surface area (Å²) in [6, 6.07) is 12.1. The van der Waals surface area contributed by atoms with Gasteiger partial charge in [-0.2, -0.15) is 0 Å². The summed E-state index contributed by atoms with van der Waals surface area (Å²) in [7, 11) is 5.24. The molecule has 0 N–H and O–H groups in total. The highest BCUT2D eigenvalue weighted by Gasteiger charge is 2.20. The maximum absolute atomic E-state index is 12.6. The van der Waals surface area contributed by atoms with Gasteiger partial charge in [-0.15, -0.1) is 0 Å². The molecule has 2 aromatic rings. The minimum absolute atomic E-state index is 0.0166. The Kier molecular flexibility index (Phi) is 7.06. The second-order valence-corrected chi connectivity index (χ2v) is 7.46. The van der Waals surface area contributed by atoms with Gasteiger partial charge in [0.05, 0.1) is 33.4 Å². The van der Waals surface area contributed by atoms with Gasteiger partial charge in [0, 0.05) is 26.7 Å². The smallest absolute Gasteiger partial charge is 0.236 e. The number of nitrogens with zero attached hydrogens (tertiary/aromatic N) is 3. The Labute approximate surface area is 171 Å². The van der Waals surface area contributed by atoms with Crippen LogP contribution >= 0.6 is 0 Å². The van der Waals surface area contributed by atoms with Crippen molar-refractivity contribution in [3.05, 3.63) is 42.0 Å². The largest absolute Gasteiger partial charge is 0.497 e. The molecule has 7 nitrogen and oxygen atoms in total. The number of carbonyl (C=O) groups excluding carboxylic acids is 2. The summed E-state index contributed by atoms with van der Waals surface area (Å²) in [5.41, 5.74) is 1.06. The number of morpholine rings is 1. The topological polar surface area (TPSA) is 62.3 Å². The average Bonchev–Trinajstić information content (AvgIpc) is 2.73. The van der Waals surface area contributed by atoms with E-state index in [0.29, 0.717) is 32.8 Å². The van der Waals surface area contributed by atoms with Crippen molar-refractivity contribution in [2.24, 2.45) is 0 Å². The predicted molar refractivity (Wildman–Crippen MR) is 112 cm³/mol. The molecule has 1 saturated heterocycles. The van der Waals surface area contributed by atoms with Crippen molar-refractivity contribution in [2.75, 3.05) is 60.6 Å². The highest BCUT2D eigenvalue weighted by atomic mass is 16.5. The number of amides is 2. The first-order valence-corrected chi connectivity index (χ1v) is 9.81. The standard InChI is InChI=1S/C22H29N3O4/c1-23(16-22(27)25-8-10-29-11-9-25)15-21(26)24(2)14-17-4-5-19-13-20(28-3)7-6-18(19)12-17/h4-7,12-13H,8-11,14-16H2,1-3H3. The van der Waals surface area contributed by atoms with E-state index in [-0.39, 0.29) is 24.9 Å². The summed E-state index contributed by atoms with van der Waals surface area (Å²) in [5.74, 6) is 0.848. The normalized spacial score (nSPS) is 14.3. The quantitative estimate of drug-likeness (QED) is 0.708. The van der Waals surface area contributed by atoms with Crippen LogP contribution in [0.4, 0.5) is 0 Å². The zero-order valence-electron chi connectivity index (χ0n) is 17.4. The number of likely N-dealkylation sites (N-methyl/N-ethyl adjacent to an activating group) is 2. The third-order valence-corrected chi connectivity index (χ3v) is 5.13. The first kappa shape index (κ1) is 21.1. The van der Waals surface area contributed by atoms with Gasteiger partial charge < -0.3 is 19.3 Å². The van der Waals surface area contributed by atoms with Crippen LogP contribution in [0.3, 0.4) is 0 Å². The molecule has 1 aliphatic rings. The van der Waals surface area contributed by atoms with Crippen molar-refractivity contribution < 1.29 is 19.1 Å². The van der Waals surface area contributed by atoms with E-state index in [9.17, 15) is 9.59 Å². The Bertz CT molecular complexity index is 864. The van der Waals surface area contributed by atoms with Crippen molar-refractivity contribution in [2.45, 2.75) is 6.54 Å². The van der Waals surface area contributed by atoms with Gasteiger partial charge in [-0.25, -0.2) is 0 Å². The van der Waals surface area contributed by atoms with E-state index in [1.54, 1.807) is 35.9 Å². The van der Waals surface area contributed by atoms with E-state index in [1.165, 1.54) is 0 Å². The minimum atomic E-state index is -0.0166. The van der Waals surface area contributed by atoms with Gasteiger partial charge in [0.25, 0.3) is 0 Å². The van der Waals surface area contributed by atoms with Crippen LogP contribution < -0.4 is 4.74 Å². The lowest BCUT2D eigenvalue weighted by Crippen LogP contribution is -2.46. The Morgan fingerprint density at radius 3 is 2.45 bits per heavy atom. The summed E-state index contributed by atoms with van der Waals surface area (Å²) >= 11 is 0. The zero-order valence-corrected chi connectivity index (χ0v) is 17.4. The lowest BCUT2D eigenvalue weighted by molar-refractivity contribution is -0.137. The lowest BCUT2D eigenvalue weighted by Gasteiger charge is -2.29. The van der Waals surface area contributed by atoms with Gasteiger partial charge in [0.1, 0.15) is 5.75 Å². The summed E-state index contributed by atoms with van der Waals surface area (Å²) in [5, 5.41) is 2.21. The molecule has 3 rings (SSSR count). The molecule has 0 spiro atoms. The van der Waals surface area contributed by atoms with Crippen LogP contribution in [0.5, 0.6) is 5.75 Å². The van der Waals surface area contributed by atoms with E-state index in [1.807, 2.05) is 30.3 Å². The molecule has 0 radical (unpaired) electrons. The third kappa shape index (κ3) is 5.68. The first-order valence-electron chi connectivity index (χ1n) is 9.81. The molecule has 1 fully saturated rings. The Morgan fingerprint density at radius 2 is 1.72 bits per heavy atom. The molecule has 2 amide bonds. The second-order valence-electron chi connectivity index (χ2n) is 7.46. The molecule has 0 bridgehead atoms. The number of rotatable bonds is 7. The summed E-state index contributed by atoms with van der Waals surface area (Å²) in [4.78, 5) is 30.2. The van der Waals surface area contributed by atoms with Crippen molar-refractivity contribution in [1.29, 1.82) is 0 Å². The Balaban J connectivity index is 1.53. The predicted octanol–water partition coefficient (Wildman–Crippen LogP) is 1.60. The molecule has 2 aromatic carbocycles. The second kappa shape index (κ2) is 9.71. The van der Waals surface area contributed by atoms with E-state index in [0.717, 1.165) is 22.1 Å². The van der Waals surface area contributed by atoms with Gasteiger partial charge >= 0.3 is 0 Å². The molecular formula is C22H29N3O4. The fourth-order valence-electron chi connectivity index (χ4n) is 3.41. The molecule has 0 aromatic heterocycles. The molecule has 156 valence electrons. The fraction of sp³-hybridized carbons (Fsp3) is 0.455. The van der Waals surface area contributed by atoms with Gasteiger partial charge in [-0.1, -0.05) is 18.2 Å². The van der Waals surface area contributed by atoms with Crippen LogP contribution in [0.25, 0.3) is 10.8 Å². The lowest BCUT2D eigenvalue weighted by atomic mass is 10.1. The number of hydrogen-bond acceptors (Lipinski definition) is 5. The van der Waals surface area contributed by atoms with Gasteiger partial charge in [0.15, 0.2) is 0 Å². The summed E-state index contributed by atoms with van der Waals surface area (Å²) < 4.78 is 10.5. The van der Waals surface area contributed by atoms with Crippen LogP contribution in [0.15, 0.2) is 36.4 Å². The van der Waals surface area contributed by atoms with E-state index >= 15 is 0 Å². The molecular weight excluding hydrogens is 370 g/mol. The molecule has 7 heteroatoms. The molecule has 29 heavy (non-hydrogen) atoms. The van der Waals surface area contributed by atoms with E-state index < -0.39 is 0 Å². The first-order chi connectivity index (χ1) is 14.0. The van der Waals surface area contributed by atoms with Gasteiger partial charge in [0.2, 0.25) is 11.8 Å². The molecule has 0 atom stereocenters. The van der Waals surface area contributed by atoms with Crippen molar-refractivity contribution >= 4 is 22.6 Å². The monoisotopic (exact) mass is 399 g/mol. The van der Waals surface area contributed by atoms with Gasteiger partial charge in [-0.3, -0.25) is 14.5 Å². The summed E-state index contributed by atoms with van der Waals surface area (Å²) in [6.07, 6.45) is 0. The molecule has 1 aliphatic heterocycles. The van der Waals surface area contributed by atoms with Crippen LogP contribution in [-0.4, -0.2) is 87.1 Å². The van der Waals surface area contributed by atoms with Crippen LogP contribution in [0.2, 0.25) is 0 Å². The third-order valence-electron chi connectivity index (χ3n) is 5.13. The number of hydrogen-bond donors (Lipinski definition) is 0. The highest BCUT2D eigenvalue weighted by molar-refractivity contribution is 5.85. The number of carbonyl (C=O) groups is 2. The molecule has 1 heterocycles.